The van der Waals surface area contributed by atoms with Crippen LogP contribution < -0.4 is 21.5 Å². The number of nitrogens with zero attached hydrogens (tertiary/aromatic N) is 3. The van der Waals surface area contributed by atoms with Gasteiger partial charge in [0.1, 0.15) is 12.1 Å². The SMILES string of the molecule is CC(C)OC(=O)C(C)NP(=O)(NC(C)C(=O)OC(C)C)OCC1(C(F)F)OC(n2cnc3c(=O)[nH]c(N)nc32)C(O)C1(F)F. The van der Waals surface area contributed by atoms with Crippen LogP contribution in [-0.2, 0) is 32.9 Å². The van der Waals surface area contributed by atoms with Crippen LogP contribution in [0.1, 0.15) is 47.8 Å². The van der Waals surface area contributed by atoms with E-state index in [2.05, 4.69) is 25.1 Å². The number of H-pyrrole nitrogens is 1. The van der Waals surface area contributed by atoms with Crippen molar-refractivity contribution in [2.45, 2.75) is 96.1 Å². The standard InChI is InChI=1S/C23H34F4N7O9P/c1-9(2)41-18(37)11(5)32-44(39,33-12(6)19(38)42-10(3)4)40-7-22(20(24)25)23(26,27)14(35)17(43-22)34-8-29-13-15(34)30-21(28)31-16(13)36/h8-12,14,17,20,35H,7H2,1-6H3,(H2,32,33,39)(H3,28,30,31,36). The molecular weight excluding hydrogens is 625 g/mol. The molecule has 248 valence electrons. The van der Waals surface area contributed by atoms with Gasteiger partial charge in [0, 0.05) is 0 Å². The topological polar surface area (TPSA) is 222 Å². The molecule has 0 spiro atoms. The summed E-state index contributed by atoms with van der Waals surface area (Å²) in [7, 11) is -4.89. The van der Waals surface area contributed by atoms with Crippen LogP contribution in [0.4, 0.5) is 23.5 Å². The van der Waals surface area contributed by atoms with E-state index in [1.165, 1.54) is 27.7 Å². The highest BCUT2D eigenvalue weighted by atomic mass is 31.2. The molecule has 44 heavy (non-hydrogen) atoms. The second-order valence-electron chi connectivity index (χ2n) is 10.5. The van der Waals surface area contributed by atoms with Gasteiger partial charge in [0.05, 0.1) is 25.1 Å². The van der Waals surface area contributed by atoms with Crippen molar-refractivity contribution >= 4 is 36.7 Å². The first kappa shape index (κ1) is 35.3. The Balaban J connectivity index is 1.99. The molecule has 0 bridgehead atoms. The van der Waals surface area contributed by atoms with Crippen molar-refractivity contribution in [3.63, 3.8) is 0 Å². The summed E-state index contributed by atoms with van der Waals surface area (Å²) in [5, 5.41) is 14.9. The fourth-order valence-corrected chi connectivity index (χ4v) is 5.93. The van der Waals surface area contributed by atoms with Crippen molar-refractivity contribution in [2.75, 3.05) is 12.3 Å². The maximum absolute atomic E-state index is 15.6. The van der Waals surface area contributed by atoms with Crippen molar-refractivity contribution in [2.24, 2.45) is 0 Å². The van der Waals surface area contributed by atoms with Crippen LogP contribution in [-0.4, -0.2) is 91.5 Å². The molecule has 0 amide bonds. The summed E-state index contributed by atoms with van der Waals surface area (Å²) < 4.78 is 95.0. The number of esters is 2. The monoisotopic (exact) mass is 659 g/mol. The molecule has 2 aromatic heterocycles. The lowest BCUT2D eigenvalue weighted by Crippen LogP contribution is -2.58. The van der Waals surface area contributed by atoms with E-state index in [-0.39, 0.29) is 0 Å². The Morgan fingerprint density at radius 1 is 1.14 bits per heavy atom. The van der Waals surface area contributed by atoms with Gasteiger partial charge in [-0.05, 0) is 41.5 Å². The number of aromatic nitrogens is 4. The molecule has 16 nitrogen and oxygen atoms in total. The molecule has 0 saturated carbocycles. The Morgan fingerprint density at radius 3 is 2.14 bits per heavy atom. The van der Waals surface area contributed by atoms with Gasteiger partial charge in [-0.2, -0.15) is 13.8 Å². The van der Waals surface area contributed by atoms with Crippen LogP contribution in [0, 0.1) is 0 Å². The number of aliphatic hydroxyl groups excluding tert-OH is 1. The summed E-state index contributed by atoms with van der Waals surface area (Å²) in [5.41, 5.74) is -0.251. The summed E-state index contributed by atoms with van der Waals surface area (Å²) in [6.45, 7) is 6.52. The number of nitrogens with two attached hydrogens (primary N) is 1. The highest BCUT2D eigenvalue weighted by molar-refractivity contribution is 7.54. The van der Waals surface area contributed by atoms with Gasteiger partial charge in [0.25, 0.3) is 12.0 Å². The molecule has 21 heteroatoms. The van der Waals surface area contributed by atoms with Crippen LogP contribution in [0.15, 0.2) is 11.1 Å². The van der Waals surface area contributed by atoms with Crippen LogP contribution >= 0.6 is 7.67 Å². The maximum atomic E-state index is 15.6. The third-order valence-electron chi connectivity index (χ3n) is 6.21. The summed E-state index contributed by atoms with van der Waals surface area (Å²) in [6.07, 6.45) is -9.90. The normalized spacial score (nSPS) is 24.5. The Hall–Kier alpha value is -3.16. The number of alkyl halides is 4. The Morgan fingerprint density at radius 2 is 1.66 bits per heavy atom. The van der Waals surface area contributed by atoms with E-state index >= 15 is 8.78 Å². The number of carbonyl (C=O) groups excluding carboxylic acids is 2. The van der Waals surface area contributed by atoms with Crippen molar-refractivity contribution in [1.82, 2.24) is 29.7 Å². The van der Waals surface area contributed by atoms with Gasteiger partial charge in [-0.1, -0.05) is 0 Å². The summed E-state index contributed by atoms with van der Waals surface area (Å²) in [5.74, 6) is -7.22. The molecule has 1 aliphatic heterocycles. The first-order valence-electron chi connectivity index (χ1n) is 13.2. The molecule has 2 aromatic rings. The fraction of sp³-hybridized carbons (Fsp3) is 0.696. The van der Waals surface area contributed by atoms with Gasteiger partial charge in [-0.15, -0.1) is 0 Å². The average Bonchev–Trinajstić information content (AvgIpc) is 3.39. The minimum Gasteiger partial charge on any atom is -0.462 e. The van der Waals surface area contributed by atoms with E-state index in [1.54, 1.807) is 0 Å². The largest absolute Gasteiger partial charge is 0.462 e. The van der Waals surface area contributed by atoms with Gasteiger partial charge in [0.15, 0.2) is 23.5 Å². The number of imidazole rings is 1. The zero-order valence-corrected chi connectivity index (χ0v) is 25.3. The minimum absolute atomic E-state index is 0.424. The lowest BCUT2D eigenvalue weighted by molar-refractivity contribution is -0.241. The average molecular weight is 660 g/mol. The van der Waals surface area contributed by atoms with E-state index in [4.69, 9.17) is 24.5 Å². The number of ether oxygens (including phenoxy) is 3. The number of nitrogen functional groups attached to an aromatic ring is 1. The summed E-state index contributed by atoms with van der Waals surface area (Å²) in [4.78, 5) is 46.4. The molecule has 1 saturated heterocycles. The Kier molecular flexibility index (Phi) is 10.5. The molecule has 0 radical (unpaired) electrons. The predicted molar refractivity (Wildman–Crippen MR) is 144 cm³/mol. The number of halogens is 4. The molecular formula is C23H34F4N7O9P. The highest BCUT2D eigenvalue weighted by Crippen LogP contribution is 2.54. The van der Waals surface area contributed by atoms with Crippen LogP contribution in [0.25, 0.3) is 11.2 Å². The molecule has 6 N–H and O–H groups in total. The number of nitrogens with one attached hydrogen (secondary N) is 3. The number of fused-ring (bicyclic) bond motifs is 1. The van der Waals surface area contributed by atoms with E-state index in [0.717, 1.165) is 20.2 Å². The number of rotatable bonds is 13. The molecule has 1 fully saturated rings. The van der Waals surface area contributed by atoms with Crippen LogP contribution in [0.5, 0.6) is 0 Å². The molecule has 1 aliphatic rings. The second-order valence-corrected chi connectivity index (χ2v) is 12.4. The lowest BCUT2D eigenvalue weighted by atomic mass is 9.95. The van der Waals surface area contributed by atoms with Gasteiger partial charge in [-0.3, -0.25) is 28.5 Å². The van der Waals surface area contributed by atoms with E-state index in [9.17, 15) is 32.8 Å². The van der Waals surface area contributed by atoms with Gasteiger partial charge in [0.2, 0.25) is 11.5 Å². The maximum Gasteiger partial charge on any atom is 0.342 e. The molecule has 5 atom stereocenters. The predicted octanol–water partition coefficient (Wildman–Crippen LogP) is 1.21. The van der Waals surface area contributed by atoms with E-state index in [0.29, 0.717) is 4.57 Å². The minimum atomic E-state index is -4.89. The van der Waals surface area contributed by atoms with Crippen molar-refractivity contribution in [3.05, 3.63) is 16.7 Å². The van der Waals surface area contributed by atoms with Crippen molar-refractivity contribution in [1.29, 1.82) is 0 Å². The van der Waals surface area contributed by atoms with Crippen LogP contribution in [0.3, 0.4) is 0 Å². The number of hydrogen-bond acceptors (Lipinski definition) is 12. The van der Waals surface area contributed by atoms with E-state index in [1.807, 2.05) is 0 Å². The van der Waals surface area contributed by atoms with Gasteiger partial charge in [-0.25, -0.2) is 23.9 Å². The lowest BCUT2D eigenvalue weighted by Gasteiger charge is -2.35. The van der Waals surface area contributed by atoms with Crippen molar-refractivity contribution < 1.29 is 55.6 Å². The molecule has 5 unspecified atom stereocenters. The number of anilines is 1. The first-order chi connectivity index (χ1) is 20.2. The van der Waals surface area contributed by atoms with Gasteiger partial charge < -0.3 is 29.6 Å². The third-order valence-corrected chi connectivity index (χ3v) is 8.16. The van der Waals surface area contributed by atoms with Crippen molar-refractivity contribution in [3.8, 4) is 0 Å². The summed E-state index contributed by atoms with van der Waals surface area (Å²) in [6, 6.07) is -2.94. The molecule has 3 heterocycles. The molecule has 0 aromatic carbocycles. The highest BCUT2D eigenvalue weighted by Gasteiger charge is 2.74. The number of carbonyl (C=O) groups is 2. The first-order valence-corrected chi connectivity index (χ1v) is 14.8. The van der Waals surface area contributed by atoms with Crippen LogP contribution in [0.2, 0.25) is 0 Å². The number of aliphatic hydroxyl groups is 1. The fourth-order valence-electron chi connectivity index (χ4n) is 4.10. The molecule has 3 rings (SSSR count). The van der Waals surface area contributed by atoms with Gasteiger partial charge >= 0.3 is 25.5 Å². The Bertz CT molecular complexity index is 1440. The number of hydrogen-bond donors (Lipinski definition) is 5. The Labute approximate surface area is 247 Å². The second kappa shape index (κ2) is 13.1. The third kappa shape index (κ3) is 7.05. The zero-order valence-electron chi connectivity index (χ0n) is 24.4. The smallest absolute Gasteiger partial charge is 0.342 e. The quantitative estimate of drug-likeness (QED) is 0.116. The zero-order chi connectivity index (χ0) is 33.4. The summed E-state index contributed by atoms with van der Waals surface area (Å²) >= 11 is 0. The number of aromatic amines is 1. The van der Waals surface area contributed by atoms with E-state index < -0.39 is 103 Å². The molecule has 0 aliphatic carbocycles.